The van der Waals surface area contributed by atoms with Crippen LogP contribution in [-0.4, -0.2) is 22.6 Å². The van der Waals surface area contributed by atoms with E-state index < -0.39 is 0 Å². The van der Waals surface area contributed by atoms with E-state index in [9.17, 15) is 4.79 Å². The molecule has 0 radical (unpaired) electrons. The summed E-state index contributed by atoms with van der Waals surface area (Å²) in [6.45, 7) is 6.70. The summed E-state index contributed by atoms with van der Waals surface area (Å²) in [6, 6.07) is 8.18. The molecule has 2 heterocycles. The average Bonchev–Trinajstić information content (AvgIpc) is 3.05. The van der Waals surface area contributed by atoms with E-state index in [2.05, 4.69) is 36.1 Å². The molecule has 0 saturated carbocycles. The number of hydrogen-bond acceptors (Lipinski definition) is 4. The molecule has 1 aliphatic rings. The van der Waals surface area contributed by atoms with Gasteiger partial charge in [0.1, 0.15) is 0 Å². The van der Waals surface area contributed by atoms with Gasteiger partial charge in [-0.2, -0.15) is 4.98 Å². The first-order valence-corrected chi connectivity index (χ1v) is 7.25. The summed E-state index contributed by atoms with van der Waals surface area (Å²) in [7, 11) is 0. The molecule has 5 nitrogen and oxygen atoms in total. The first-order valence-electron chi connectivity index (χ1n) is 7.25. The Bertz CT molecular complexity index is 646. The smallest absolute Gasteiger partial charge is 0.232 e. The minimum Gasteiger partial charge on any atom is -0.339 e. The van der Waals surface area contributed by atoms with Crippen LogP contribution in [0.3, 0.4) is 0 Å². The van der Waals surface area contributed by atoms with Gasteiger partial charge in [0, 0.05) is 18.7 Å². The largest absolute Gasteiger partial charge is 0.339 e. The van der Waals surface area contributed by atoms with Gasteiger partial charge in [-0.15, -0.1) is 0 Å². The van der Waals surface area contributed by atoms with Crippen molar-refractivity contribution >= 4 is 11.6 Å². The van der Waals surface area contributed by atoms with Gasteiger partial charge >= 0.3 is 0 Å². The Balaban J connectivity index is 1.78. The summed E-state index contributed by atoms with van der Waals surface area (Å²) in [6.07, 6.45) is 0.424. The van der Waals surface area contributed by atoms with Crippen LogP contribution in [0, 0.1) is 6.92 Å². The van der Waals surface area contributed by atoms with Crippen LogP contribution in [0.2, 0.25) is 0 Å². The molecule has 1 aromatic carbocycles. The van der Waals surface area contributed by atoms with Gasteiger partial charge in [-0.1, -0.05) is 31.1 Å². The van der Waals surface area contributed by atoms with Crippen LogP contribution in [-0.2, 0) is 4.79 Å². The number of amides is 1. The van der Waals surface area contributed by atoms with Crippen molar-refractivity contribution in [2.45, 2.75) is 39.0 Å². The quantitative estimate of drug-likeness (QED) is 0.869. The summed E-state index contributed by atoms with van der Waals surface area (Å²) in [5.74, 6) is 1.75. The van der Waals surface area contributed by atoms with Gasteiger partial charge in [-0.25, -0.2) is 0 Å². The number of aromatic nitrogens is 2. The topological polar surface area (TPSA) is 59.2 Å². The summed E-state index contributed by atoms with van der Waals surface area (Å²) >= 11 is 0. The number of anilines is 1. The fraction of sp³-hybridized carbons (Fsp3) is 0.438. The van der Waals surface area contributed by atoms with Crippen LogP contribution >= 0.6 is 0 Å². The molecule has 1 atom stereocenters. The third-order valence-electron chi connectivity index (χ3n) is 3.89. The van der Waals surface area contributed by atoms with E-state index in [-0.39, 0.29) is 11.8 Å². The second kappa shape index (κ2) is 5.31. The van der Waals surface area contributed by atoms with Crippen molar-refractivity contribution in [2.24, 2.45) is 0 Å². The molecule has 110 valence electrons. The van der Waals surface area contributed by atoms with Gasteiger partial charge in [0.05, 0.1) is 5.92 Å². The summed E-state index contributed by atoms with van der Waals surface area (Å²) < 4.78 is 5.19. The monoisotopic (exact) mass is 285 g/mol. The minimum atomic E-state index is -0.0107. The maximum absolute atomic E-state index is 12.2. The lowest BCUT2D eigenvalue weighted by Gasteiger charge is -2.17. The highest BCUT2D eigenvalue weighted by Gasteiger charge is 2.34. The Labute approximate surface area is 124 Å². The fourth-order valence-corrected chi connectivity index (χ4v) is 2.64. The third-order valence-corrected chi connectivity index (χ3v) is 3.89. The molecule has 2 aromatic rings. The molecule has 3 rings (SSSR count). The molecule has 1 amide bonds. The molecule has 5 heteroatoms. The first-order chi connectivity index (χ1) is 10.0. The predicted molar refractivity (Wildman–Crippen MR) is 79.3 cm³/mol. The lowest BCUT2D eigenvalue weighted by atomic mass is 10.0. The highest BCUT2D eigenvalue weighted by atomic mass is 16.5. The van der Waals surface area contributed by atoms with Gasteiger partial charge in [0.25, 0.3) is 0 Å². The number of aryl methyl sites for hydroxylation is 1. The number of carbonyl (C=O) groups excluding carboxylic acids is 1. The van der Waals surface area contributed by atoms with Crippen molar-refractivity contribution in [1.29, 1.82) is 0 Å². The average molecular weight is 285 g/mol. The van der Waals surface area contributed by atoms with Gasteiger partial charge in [-0.05, 0) is 30.5 Å². The Morgan fingerprint density at radius 3 is 2.57 bits per heavy atom. The molecule has 0 aliphatic carbocycles. The fourth-order valence-electron chi connectivity index (χ4n) is 2.64. The van der Waals surface area contributed by atoms with Gasteiger partial charge in [0.2, 0.25) is 11.8 Å². The van der Waals surface area contributed by atoms with Crippen molar-refractivity contribution in [1.82, 2.24) is 10.1 Å². The minimum absolute atomic E-state index is 0.0107. The second-order valence-electron chi connectivity index (χ2n) is 5.83. The number of benzene rings is 1. The first kappa shape index (κ1) is 13.8. The van der Waals surface area contributed by atoms with Crippen LogP contribution in [0.1, 0.15) is 49.4 Å². The Morgan fingerprint density at radius 2 is 2.00 bits per heavy atom. The van der Waals surface area contributed by atoms with Crippen molar-refractivity contribution in [3.63, 3.8) is 0 Å². The Hall–Kier alpha value is -2.17. The van der Waals surface area contributed by atoms with Gasteiger partial charge < -0.3 is 9.42 Å². The zero-order chi connectivity index (χ0) is 15.0. The zero-order valence-corrected chi connectivity index (χ0v) is 12.5. The SMILES string of the molecule is Cc1noc([C@@H]2CC(=O)N(c3ccc(C(C)C)cc3)C2)n1. The van der Waals surface area contributed by atoms with E-state index in [1.165, 1.54) is 5.56 Å². The van der Waals surface area contributed by atoms with E-state index in [1.807, 2.05) is 12.1 Å². The molecule has 0 N–H and O–H groups in total. The number of hydrogen-bond donors (Lipinski definition) is 0. The number of nitrogens with zero attached hydrogens (tertiary/aromatic N) is 3. The highest BCUT2D eigenvalue weighted by molar-refractivity contribution is 5.96. The molecule has 0 unspecified atom stereocenters. The van der Waals surface area contributed by atoms with E-state index in [4.69, 9.17) is 4.52 Å². The lowest BCUT2D eigenvalue weighted by Crippen LogP contribution is -2.24. The van der Waals surface area contributed by atoms with Crippen molar-refractivity contribution < 1.29 is 9.32 Å². The summed E-state index contributed by atoms with van der Waals surface area (Å²) in [5, 5.41) is 3.80. The number of carbonyl (C=O) groups is 1. The van der Waals surface area contributed by atoms with E-state index in [1.54, 1.807) is 11.8 Å². The van der Waals surface area contributed by atoms with Crippen molar-refractivity contribution in [3.8, 4) is 0 Å². The van der Waals surface area contributed by atoms with Crippen LogP contribution in [0.25, 0.3) is 0 Å². The third kappa shape index (κ3) is 2.68. The molecule has 0 spiro atoms. The summed E-state index contributed by atoms with van der Waals surface area (Å²) in [4.78, 5) is 18.3. The van der Waals surface area contributed by atoms with Gasteiger partial charge in [-0.3, -0.25) is 4.79 Å². The van der Waals surface area contributed by atoms with Gasteiger partial charge in [0.15, 0.2) is 5.82 Å². The standard InChI is InChI=1S/C16H19N3O2/c1-10(2)12-4-6-14(7-5-12)19-9-13(8-15(19)20)16-17-11(3)18-21-16/h4-7,10,13H,8-9H2,1-3H3/t13-/m1/s1. The number of rotatable bonds is 3. The second-order valence-corrected chi connectivity index (χ2v) is 5.83. The maximum atomic E-state index is 12.2. The van der Waals surface area contributed by atoms with E-state index in [0.29, 0.717) is 30.6 Å². The zero-order valence-electron chi connectivity index (χ0n) is 12.5. The van der Waals surface area contributed by atoms with Crippen LogP contribution in [0.15, 0.2) is 28.8 Å². The normalized spacial score (nSPS) is 18.8. The van der Waals surface area contributed by atoms with Crippen molar-refractivity contribution in [2.75, 3.05) is 11.4 Å². The molecular formula is C16H19N3O2. The van der Waals surface area contributed by atoms with Crippen LogP contribution in [0.4, 0.5) is 5.69 Å². The van der Waals surface area contributed by atoms with Crippen molar-refractivity contribution in [3.05, 3.63) is 41.5 Å². The highest BCUT2D eigenvalue weighted by Crippen LogP contribution is 2.31. The molecule has 1 saturated heterocycles. The van der Waals surface area contributed by atoms with E-state index in [0.717, 1.165) is 5.69 Å². The molecule has 0 bridgehead atoms. The molecule has 1 fully saturated rings. The van der Waals surface area contributed by atoms with Crippen LogP contribution in [0.5, 0.6) is 0 Å². The Kier molecular flexibility index (Phi) is 3.49. The molecular weight excluding hydrogens is 266 g/mol. The maximum Gasteiger partial charge on any atom is 0.232 e. The Morgan fingerprint density at radius 1 is 1.29 bits per heavy atom. The van der Waals surface area contributed by atoms with E-state index >= 15 is 0 Å². The molecule has 1 aromatic heterocycles. The predicted octanol–water partition coefficient (Wildman–Crippen LogP) is 3.02. The lowest BCUT2D eigenvalue weighted by molar-refractivity contribution is -0.117. The van der Waals surface area contributed by atoms with Crippen LogP contribution < -0.4 is 4.90 Å². The summed E-state index contributed by atoms with van der Waals surface area (Å²) in [5.41, 5.74) is 2.21. The molecule has 21 heavy (non-hydrogen) atoms. The molecule has 1 aliphatic heterocycles.